The van der Waals surface area contributed by atoms with Gasteiger partial charge in [0.05, 0.1) is 6.61 Å². The number of rotatable bonds is 3. The van der Waals surface area contributed by atoms with E-state index in [4.69, 9.17) is 14.5 Å². The average Bonchev–Trinajstić information content (AvgIpc) is 2.60. The average molecular weight is 320 g/mol. The van der Waals surface area contributed by atoms with Gasteiger partial charge < -0.3 is 14.4 Å². The SMILES string of the molecule is CN(CCO)c1ccc2nc3c4ccccc4c(=O)cc-3oc2c1. The van der Waals surface area contributed by atoms with Crippen LogP contribution in [0.1, 0.15) is 0 Å². The van der Waals surface area contributed by atoms with Gasteiger partial charge >= 0.3 is 0 Å². The summed E-state index contributed by atoms with van der Waals surface area (Å²) < 4.78 is 5.95. The summed E-state index contributed by atoms with van der Waals surface area (Å²) in [5.74, 6) is 0.480. The lowest BCUT2D eigenvalue weighted by Crippen LogP contribution is -2.20. The lowest BCUT2D eigenvalue weighted by Gasteiger charge is -2.18. The zero-order chi connectivity index (χ0) is 16.7. The van der Waals surface area contributed by atoms with Gasteiger partial charge in [0.25, 0.3) is 0 Å². The molecule has 0 unspecified atom stereocenters. The second-order valence-corrected chi connectivity index (χ2v) is 5.78. The van der Waals surface area contributed by atoms with Gasteiger partial charge in [-0.2, -0.15) is 0 Å². The Bertz CT molecular complexity index is 1070. The Morgan fingerprint density at radius 3 is 2.71 bits per heavy atom. The van der Waals surface area contributed by atoms with E-state index in [0.29, 0.717) is 29.0 Å². The van der Waals surface area contributed by atoms with Gasteiger partial charge in [-0.25, -0.2) is 4.98 Å². The Labute approximate surface area is 138 Å². The van der Waals surface area contributed by atoms with Crippen molar-refractivity contribution in [1.29, 1.82) is 0 Å². The smallest absolute Gasteiger partial charge is 0.190 e. The van der Waals surface area contributed by atoms with Crippen LogP contribution in [-0.2, 0) is 0 Å². The Morgan fingerprint density at radius 2 is 1.92 bits per heavy atom. The van der Waals surface area contributed by atoms with Crippen molar-refractivity contribution in [2.75, 3.05) is 25.1 Å². The zero-order valence-corrected chi connectivity index (χ0v) is 13.2. The van der Waals surface area contributed by atoms with Crippen molar-refractivity contribution < 1.29 is 9.52 Å². The standard InChI is InChI=1S/C19H16N2O3/c1-21(8-9-22)12-6-7-15-17(10-12)24-18-11-16(23)13-4-2-3-5-14(13)19(18)20-15/h2-7,10-11,22H,8-9H2,1H3. The molecule has 0 bridgehead atoms. The van der Waals surface area contributed by atoms with Crippen molar-refractivity contribution in [2.45, 2.75) is 0 Å². The summed E-state index contributed by atoms with van der Waals surface area (Å²) in [5.41, 5.74) is 2.88. The fraction of sp³-hybridized carbons (Fsp3) is 0.158. The number of aliphatic hydroxyl groups is 1. The number of hydrogen-bond acceptors (Lipinski definition) is 5. The fourth-order valence-electron chi connectivity index (χ4n) is 2.93. The van der Waals surface area contributed by atoms with Crippen molar-refractivity contribution in [1.82, 2.24) is 4.98 Å². The van der Waals surface area contributed by atoms with E-state index in [1.165, 1.54) is 6.07 Å². The topological polar surface area (TPSA) is 66.6 Å². The number of fused-ring (bicyclic) bond motifs is 4. The third-order valence-corrected chi connectivity index (χ3v) is 4.21. The van der Waals surface area contributed by atoms with Crippen molar-refractivity contribution in [3.63, 3.8) is 0 Å². The van der Waals surface area contributed by atoms with Crippen molar-refractivity contribution in [3.8, 4) is 11.5 Å². The van der Waals surface area contributed by atoms with Crippen LogP contribution in [0, 0.1) is 0 Å². The zero-order valence-electron chi connectivity index (χ0n) is 13.2. The molecule has 2 aromatic carbocycles. The Balaban J connectivity index is 1.99. The number of aliphatic hydroxyl groups excluding tert-OH is 1. The lowest BCUT2D eigenvalue weighted by atomic mass is 10.0. The Kier molecular flexibility index (Phi) is 3.43. The number of benzene rings is 3. The van der Waals surface area contributed by atoms with Gasteiger partial charge in [-0.1, -0.05) is 24.3 Å². The predicted molar refractivity (Wildman–Crippen MR) is 94.8 cm³/mol. The number of hydrogen-bond donors (Lipinski definition) is 1. The summed E-state index contributed by atoms with van der Waals surface area (Å²) >= 11 is 0. The van der Waals surface area contributed by atoms with Crippen LogP contribution in [0.25, 0.3) is 33.3 Å². The molecule has 0 amide bonds. The first-order valence-corrected chi connectivity index (χ1v) is 7.76. The first kappa shape index (κ1) is 14.7. The maximum Gasteiger partial charge on any atom is 0.190 e. The van der Waals surface area contributed by atoms with Crippen molar-refractivity contribution in [2.24, 2.45) is 0 Å². The molecule has 0 atom stereocenters. The molecule has 120 valence electrons. The molecule has 0 saturated carbocycles. The van der Waals surface area contributed by atoms with Gasteiger partial charge in [0, 0.05) is 42.2 Å². The first-order chi connectivity index (χ1) is 11.7. The molecule has 0 spiro atoms. The van der Waals surface area contributed by atoms with Gasteiger partial charge in [-0.05, 0) is 12.1 Å². The van der Waals surface area contributed by atoms with Crippen LogP contribution in [0.4, 0.5) is 5.69 Å². The van der Waals surface area contributed by atoms with Crippen LogP contribution in [0.3, 0.4) is 0 Å². The highest BCUT2D eigenvalue weighted by Gasteiger charge is 2.15. The summed E-state index contributed by atoms with van der Waals surface area (Å²) in [7, 11) is 1.90. The molecule has 0 aromatic heterocycles. The van der Waals surface area contributed by atoms with Crippen LogP contribution < -0.4 is 10.3 Å². The second-order valence-electron chi connectivity index (χ2n) is 5.78. The van der Waals surface area contributed by atoms with Gasteiger partial charge in [-0.3, -0.25) is 4.79 Å². The maximum absolute atomic E-state index is 12.3. The highest BCUT2D eigenvalue weighted by Crippen LogP contribution is 2.31. The molecular weight excluding hydrogens is 304 g/mol. The van der Waals surface area contributed by atoms with Gasteiger partial charge in [0.1, 0.15) is 11.2 Å². The number of aromatic nitrogens is 1. The number of nitrogens with zero attached hydrogens (tertiary/aromatic N) is 2. The van der Waals surface area contributed by atoms with Crippen LogP contribution in [0.15, 0.2) is 57.7 Å². The summed E-state index contributed by atoms with van der Waals surface area (Å²) in [6.07, 6.45) is 0. The molecule has 24 heavy (non-hydrogen) atoms. The summed E-state index contributed by atoms with van der Waals surface area (Å²) in [5, 5.41) is 10.5. The van der Waals surface area contributed by atoms with E-state index in [1.807, 2.05) is 48.3 Å². The summed E-state index contributed by atoms with van der Waals surface area (Å²) in [6, 6.07) is 14.6. The molecule has 1 aliphatic heterocycles. The summed E-state index contributed by atoms with van der Waals surface area (Å²) in [4.78, 5) is 18.9. The molecule has 1 N–H and O–H groups in total. The molecule has 4 rings (SSSR count). The maximum atomic E-state index is 12.3. The van der Waals surface area contributed by atoms with E-state index in [-0.39, 0.29) is 12.0 Å². The number of likely N-dealkylation sites (N-methyl/N-ethyl adjacent to an activating group) is 1. The van der Waals surface area contributed by atoms with E-state index >= 15 is 0 Å². The normalized spacial score (nSPS) is 11.4. The minimum Gasteiger partial charge on any atom is -0.453 e. The highest BCUT2D eigenvalue weighted by molar-refractivity contribution is 5.96. The van der Waals surface area contributed by atoms with E-state index in [2.05, 4.69) is 0 Å². The summed E-state index contributed by atoms with van der Waals surface area (Å²) in [6.45, 7) is 0.606. The molecule has 2 aliphatic rings. The number of anilines is 1. The largest absolute Gasteiger partial charge is 0.453 e. The molecule has 0 saturated heterocycles. The second kappa shape index (κ2) is 5.62. The minimum atomic E-state index is -0.0726. The van der Waals surface area contributed by atoms with Crippen LogP contribution >= 0.6 is 0 Å². The Hall–Kier alpha value is -2.92. The monoisotopic (exact) mass is 320 g/mol. The van der Waals surface area contributed by atoms with Crippen LogP contribution in [-0.4, -0.2) is 30.3 Å². The molecule has 1 aliphatic carbocycles. The third-order valence-electron chi connectivity index (χ3n) is 4.21. The van der Waals surface area contributed by atoms with Gasteiger partial charge in [0.2, 0.25) is 0 Å². The van der Waals surface area contributed by atoms with Gasteiger partial charge in [0.15, 0.2) is 16.8 Å². The molecule has 0 fully saturated rings. The van der Waals surface area contributed by atoms with Crippen LogP contribution in [0.2, 0.25) is 0 Å². The van der Waals surface area contributed by atoms with Crippen molar-refractivity contribution in [3.05, 3.63) is 58.8 Å². The van der Waals surface area contributed by atoms with E-state index < -0.39 is 0 Å². The lowest BCUT2D eigenvalue weighted by molar-refractivity contribution is 0.304. The van der Waals surface area contributed by atoms with E-state index in [0.717, 1.165) is 16.6 Å². The molecule has 2 aromatic rings. The first-order valence-electron chi connectivity index (χ1n) is 7.76. The van der Waals surface area contributed by atoms with Crippen molar-refractivity contribution >= 4 is 27.6 Å². The predicted octanol–water partition coefficient (Wildman–Crippen LogP) is 2.87. The quantitative estimate of drug-likeness (QED) is 0.464. The highest BCUT2D eigenvalue weighted by atomic mass is 16.3. The fourth-order valence-corrected chi connectivity index (χ4v) is 2.93. The van der Waals surface area contributed by atoms with E-state index in [1.54, 1.807) is 6.07 Å². The Morgan fingerprint density at radius 1 is 1.12 bits per heavy atom. The molecule has 5 nitrogen and oxygen atoms in total. The van der Waals surface area contributed by atoms with E-state index in [9.17, 15) is 4.79 Å². The molecular formula is C19H16N2O3. The molecule has 5 heteroatoms. The molecule has 1 heterocycles. The van der Waals surface area contributed by atoms with Gasteiger partial charge in [-0.15, -0.1) is 0 Å². The molecule has 0 radical (unpaired) electrons. The van der Waals surface area contributed by atoms with Crippen LogP contribution in [0.5, 0.6) is 0 Å². The minimum absolute atomic E-state index is 0.0726. The third kappa shape index (κ3) is 2.30.